The second-order valence-electron chi connectivity index (χ2n) is 4.79. The molecule has 0 aliphatic heterocycles. The summed E-state index contributed by atoms with van der Waals surface area (Å²) in [6, 6.07) is 10.3. The Labute approximate surface area is 126 Å². The van der Waals surface area contributed by atoms with Crippen LogP contribution in [0.5, 0.6) is 0 Å². The van der Waals surface area contributed by atoms with E-state index < -0.39 is 0 Å². The lowest BCUT2D eigenvalue weighted by Crippen LogP contribution is -2.00. The molecule has 1 heterocycles. The van der Waals surface area contributed by atoms with Crippen LogP contribution in [0.3, 0.4) is 0 Å². The molecule has 3 rings (SSSR count). The molecule has 21 heavy (non-hydrogen) atoms. The van der Waals surface area contributed by atoms with Gasteiger partial charge in [0.2, 0.25) is 0 Å². The van der Waals surface area contributed by atoms with Crippen LogP contribution in [0.1, 0.15) is 5.56 Å². The van der Waals surface area contributed by atoms with Crippen molar-refractivity contribution in [2.24, 2.45) is 0 Å². The first-order valence-corrected chi connectivity index (χ1v) is 6.88. The largest absolute Gasteiger partial charge is 0.373 e. The van der Waals surface area contributed by atoms with Crippen molar-refractivity contribution >= 4 is 28.3 Å². The summed E-state index contributed by atoms with van der Waals surface area (Å²) in [7, 11) is 1.77. The van der Waals surface area contributed by atoms with Gasteiger partial charge in [0, 0.05) is 17.5 Å². The minimum absolute atomic E-state index is 0.343. The summed E-state index contributed by atoms with van der Waals surface area (Å²) in [6.45, 7) is 1.90. The number of hydrogen-bond donors (Lipinski definition) is 1. The molecule has 2 aromatic carbocycles. The topological polar surface area (TPSA) is 37.8 Å². The summed E-state index contributed by atoms with van der Waals surface area (Å²) < 4.78 is 14.0. The number of aryl methyl sites for hydroxylation is 1. The molecule has 0 aliphatic rings. The fourth-order valence-corrected chi connectivity index (χ4v) is 2.39. The highest BCUT2D eigenvalue weighted by Gasteiger charge is 2.12. The van der Waals surface area contributed by atoms with E-state index >= 15 is 0 Å². The Morgan fingerprint density at radius 1 is 1.10 bits per heavy atom. The Kier molecular flexibility index (Phi) is 3.47. The van der Waals surface area contributed by atoms with Gasteiger partial charge in [0.1, 0.15) is 11.6 Å². The molecule has 0 saturated carbocycles. The highest BCUT2D eigenvalue weighted by atomic mass is 35.5. The van der Waals surface area contributed by atoms with Crippen molar-refractivity contribution in [3.8, 4) is 11.4 Å². The first-order chi connectivity index (χ1) is 10.1. The number of fused-ring (bicyclic) bond motifs is 1. The van der Waals surface area contributed by atoms with Crippen molar-refractivity contribution in [1.82, 2.24) is 9.97 Å². The molecule has 0 bridgehead atoms. The summed E-state index contributed by atoms with van der Waals surface area (Å²) >= 11 is 6.01. The standard InChI is InChI=1S/C16H13ClFN3/c1-9-3-6-13(18)12(7-9)16-20-14-8-10(17)4-5-11(14)15(19-2)21-16/h3-8H,1-2H3,(H,19,20,21). The lowest BCUT2D eigenvalue weighted by atomic mass is 10.1. The highest BCUT2D eigenvalue weighted by Crippen LogP contribution is 2.28. The number of benzene rings is 2. The molecule has 0 atom stereocenters. The fraction of sp³-hybridized carbons (Fsp3) is 0.125. The predicted octanol–water partition coefficient (Wildman–Crippen LogP) is 4.44. The van der Waals surface area contributed by atoms with Gasteiger partial charge in [-0.05, 0) is 37.3 Å². The van der Waals surface area contributed by atoms with Gasteiger partial charge >= 0.3 is 0 Å². The second kappa shape index (κ2) is 5.30. The third kappa shape index (κ3) is 2.54. The van der Waals surface area contributed by atoms with Gasteiger partial charge in [0.25, 0.3) is 0 Å². The van der Waals surface area contributed by atoms with E-state index in [1.165, 1.54) is 6.07 Å². The van der Waals surface area contributed by atoms with Crippen molar-refractivity contribution in [2.45, 2.75) is 6.92 Å². The van der Waals surface area contributed by atoms with Gasteiger partial charge in [-0.15, -0.1) is 0 Å². The molecule has 1 N–H and O–H groups in total. The minimum atomic E-state index is -0.343. The molecular formula is C16H13ClFN3. The maximum Gasteiger partial charge on any atom is 0.165 e. The Balaban J connectivity index is 2.30. The Hall–Kier alpha value is -2.20. The number of hydrogen-bond acceptors (Lipinski definition) is 3. The highest BCUT2D eigenvalue weighted by molar-refractivity contribution is 6.31. The first kappa shape index (κ1) is 13.8. The molecule has 5 heteroatoms. The molecule has 0 unspecified atom stereocenters. The van der Waals surface area contributed by atoms with E-state index in [0.717, 1.165) is 10.9 Å². The van der Waals surface area contributed by atoms with E-state index in [-0.39, 0.29) is 5.82 Å². The van der Waals surface area contributed by atoms with Crippen molar-refractivity contribution in [2.75, 3.05) is 12.4 Å². The number of nitrogens with one attached hydrogen (secondary N) is 1. The van der Waals surface area contributed by atoms with E-state index in [1.807, 2.05) is 13.0 Å². The van der Waals surface area contributed by atoms with Crippen LogP contribution in [-0.4, -0.2) is 17.0 Å². The molecular weight excluding hydrogens is 289 g/mol. The van der Waals surface area contributed by atoms with Gasteiger partial charge in [0.05, 0.1) is 11.1 Å². The van der Waals surface area contributed by atoms with Gasteiger partial charge in [0.15, 0.2) is 5.82 Å². The monoisotopic (exact) mass is 301 g/mol. The quantitative estimate of drug-likeness (QED) is 0.760. The molecule has 0 amide bonds. The smallest absolute Gasteiger partial charge is 0.165 e. The molecule has 0 saturated heterocycles. The van der Waals surface area contributed by atoms with Crippen LogP contribution in [0.25, 0.3) is 22.3 Å². The molecule has 1 aromatic heterocycles. The van der Waals surface area contributed by atoms with E-state index in [2.05, 4.69) is 15.3 Å². The summed E-state index contributed by atoms with van der Waals surface area (Å²) in [5.74, 6) is 0.645. The Morgan fingerprint density at radius 3 is 2.67 bits per heavy atom. The zero-order valence-electron chi connectivity index (χ0n) is 11.6. The van der Waals surface area contributed by atoms with Crippen molar-refractivity contribution in [3.05, 3.63) is 52.8 Å². The Morgan fingerprint density at radius 2 is 1.90 bits per heavy atom. The second-order valence-corrected chi connectivity index (χ2v) is 5.23. The van der Waals surface area contributed by atoms with Crippen LogP contribution < -0.4 is 5.32 Å². The third-order valence-electron chi connectivity index (χ3n) is 3.26. The van der Waals surface area contributed by atoms with Gasteiger partial charge in [-0.2, -0.15) is 0 Å². The molecule has 3 nitrogen and oxygen atoms in total. The fourth-order valence-electron chi connectivity index (χ4n) is 2.22. The number of halogens is 2. The van der Waals surface area contributed by atoms with Crippen LogP contribution in [0.2, 0.25) is 5.02 Å². The zero-order chi connectivity index (χ0) is 15.0. The van der Waals surface area contributed by atoms with Crippen LogP contribution in [0.15, 0.2) is 36.4 Å². The molecule has 106 valence electrons. The third-order valence-corrected chi connectivity index (χ3v) is 3.49. The van der Waals surface area contributed by atoms with Gasteiger partial charge in [-0.3, -0.25) is 0 Å². The molecule has 0 radical (unpaired) electrons. The van der Waals surface area contributed by atoms with Crippen LogP contribution in [-0.2, 0) is 0 Å². The SMILES string of the molecule is CNc1nc(-c2cc(C)ccc2F)nc2cc(Cl)ccc12. The maximum atomic E-state index is 14.0. The summed E-state index contributed by atoms with van der Waals surface area (Å²) in [5.41, 5.74) is 2.01. The van der Waals surface area contributed by atoms with E-state index in [0.29, 0.717) is 27.7 Å². The number of nitrogens with zero attached hydrogens (tertiary/aromatic N) is 2. The summed E-state index contributed by atoms with van der Waals surface area (Å²) in [5, 5.41) is 4.45. The molecule has 0 fully saturated rings. The summed E-state index contributed by atoms with van der Waals surface area (Å²) in [6.07, 6.45) is 0. The van der Waals surface area contributed by atoms with Crippen LogP contribution in [0.4, 0.5) is 10.2 Å². The molecule has 0 aliphatic carbocycles. The maximum absolute atomic E-state index is 14.0. The summed E-state index contributed by atoms with van der Waals surface area (Å²) in [4.78, 5) is 8.86. The number of rotatable bonds is 2. The van der Waals surface area contributed by atoms with E-state index in [9.17, 15) is 4.39 Å². The van der Waals surface area contributed by atoms with Crippen LogP contribution >= 0.6 is 11.6 Å². The lowest BCUT2D eigenvalue weighted by Gasteiger charge is -2.09. The van der Waals surface area contributed by atoms with Crippen molar-refractivity contribution < 1.29 is 4.39 Å². The zero-order valence-corrected chi connectivity index (χ0v) is 12.4. The molecule has 3 aromatic rings. The first-order valence-electron chi connectivity index (χ1n) is 6.50. The van der Waals surface area contributed by atoms with Crippen LogP contribution in [0, 0.1) is 12.7 Å². The minimum Gasteiger partial charge on any atom is -0.373 e. The van der Waals surface area contributed by atoms with Crippen molar-refractivity contribution in [3.63, 3.8) is 0 Å². The lowest BCUT2D eigenvalue weighted by molar-refractivity contribution is 0.629. The number of anilines is 1. The van der Waals surface area contributed by atoms with E-state index in [1.54, 1.807) is 31.3 Å². The van der Waals surface area contributed by atoms with E-state index in [4.69, 9.17) is 11.6 Å². The average molecular weight is 302 g/mol. The van der Waals surface area contributed by atoms with Crippen molar-refractivity contribution in [1.29, 1.82) is 0 Å². The Bertz CT molecular complexity index is 833. The van der Waals surface area contributed by atoms with Gasteiger partial charge in [-0.1, -0.05) is 23.2 Å². The average Bonchev–Trinajstić information content (AvgIpc) is 2.48. The predicted molar refractivity (Wildman–Crippen MR) is 84.2 cm³/mol. The van der Waals surface area contributed by atoms with Gasteiger partial charge in [-0.25, -0.2) is 14.4 Å². The normalized spacial score (nSPS) is 10.9. The molecule has 0 spiro atoms. The van der Waals surface area contributed by atoms with Gasteiger partial charge < -0.3 is 5.32 Å². The number of aromatic nitrogens is 2.